The number of anilines is 1. The van der Waals surface area contributed by atoms with Gasteiger partial charge in [-0.15, -0.1) is 12.4 Å². The van der Waals surface area contributed by atoms with Crippen LogP contribution in [0.25, 0.3) is 0 Å². The molecule has 0 radical (unpaired) electrons. The van der Waals surface area contributed by atoms with E-state index < -0.39 is 5.97 Å². The average molecular weight is 241 g/mol. The largest absolute Gasteiger partial charge is 0.465 e. The first-order valence-corrected chi connectivity index (χ1v) is 4.36. The van der Waals surface area contributed by atoms with E-state index in [1.807, 2.05) is 0 Å². The fraction of sp³-hybridized carbons (Fsp3) is 0.182. The molecule has 0 amide bonds. The van der Waals surface area contributed by atoms with E-state index in [0.29, 0.717) is 16.8 Å². The molecule has 4 nitrogen and oxygen atoms in total. The summed E-state index contributed by atoms with van der Waals surface area (Å²) in [7, 11) is 1.32. The zero-order chi connectivity index (χ0) is 11.3. The molecule has 0 saturated heterocycles. The van der Waals surface area contributed by atoms with Gasteiger partial charge >= 0.3 is 5.97 Å². The van der Waals surface area contributed by atoms with Crippen molar-refractivity contribution in [1.29, 1.82) is 0 Å². The Morgan fingerprint density at radius 1 is 1.50 bits per heavy atom. The summed E-state index contributed by atoms with van der Waals surface area (Å²) in [6, 6.07) is 4.83. The summed E-state index contributed by atoms with van der Waals surface area (Å²) >= 11 is 0. The smallest absolute Gasteiger partial charge is 0.339 e. The fourth-order valence-electron chi connectivity index (χ4n) is 1.10. The second-order valence-electron chi connectivity index (χ2n) is 2.80. The lowest BCUT2D eigenvalue weighted by atomic mass is 10.1. The Morgan fingerprint density at radius 3 is 2.75 bits per heavy atom. The predicted molar refractivity (Wildman–Crippen MR) is 65.4 cm³/mol. The zero-order valence-corrected chi connectivity index (χ0v) is 9.64. The van der Waals surface area contributed by atoms with E-state index in [1.165, 1.54) is 7.11 Å². The second-order valence-corrected chi connectivity index (χ2v) is 2.80. The van der Waals surface area contributed by atoms with Gasteiger partial charge in [-0.05, 0) is 18.2 Å². The third-order valence-corrected chi connectivity index (χ3v) is 1.77. The molecule has 0 fully saturated rings. The van der Waals surface area contributed by atoms with Crippen LogP contribution in [0.2, 0.25) is 0 Å². The van der Waals surface area contributed by atoms with E-state index in [2.05, 4.69) is 16.6 Å². The van der Waals surface area contributed by atoms with E-state index in [0.717, 1.165) is 0 Å². The molecule has 4 N–H and O–H groups in total. The lowest BCUT2D eigenvalue weighted by Crippen LogP contribution is -2.05. The molecule has 0 aromatic heterocycles. The van der Waals surface area contributed by atoms with Gasteiger partial charge in [-0.2, -0.15) is 0 Å². The van der Waals surface area contributed by atoms with Crippen molar-refractivity contribution < 1.29 is 9.53 Å². The van der Waals surface area contributed by atoms with Crippen LogP contribution in [0.5, 0.6) is 0 Å². The van der Waals surface area contributed by atoms with Crippen LogP contribution in [0.1, 0.15) is 15.9 Å². The molecule has 0 aliphatic rings. The van der Waals surface area contributed by atoms with E-state index >= 15 is 0 Å². The molecule has 1 rings (SSSR count). The number of esters is 1. The molecule has 0 aliphatic carbocycles. The first kappa shape index (κ1) is 14.3. The first-order valence-electron chi connectivity index (χ1n) is 4.36. The third-order valence-electron chi connectivity index (χ3n) is 1.77. The summed E-state index contributed by atoms with van der Waals surface area (Å²) in [5.74, 6) is 5.00. The van der Waals surface area contributed by atoms with Gasteiger partial charge in [0.15, 0.2) is 0 Å². The number of carbonyl (C=O) groups is 1. The zero-order valence-electron chi connectivity index (χ0n) is 8.82. The minimum absolute atomic E-state index is 0. The number of hydrogen-bond acceptors (Lipinski definition) is 4. The third kappa shape index (κ3) is 3.46. The average Bonchev–Trinajstić information content (AvgIpc) is 2.25. The van der Waals surface area contributed by atoms with Crippen molar-refractivity contribution in [2.75, 3.05) is 19.4 Å². The highest BCUT2D eigenvalue weighted by atomic mass is 35.5. The molecule has 0 saturated carbocycles. The monoisotopic (exact) mass is 240 g/mol. The molecule has 0 spiro atoms. The predicted octanol–water partition coefficient (Wildman–Crippen LogP) is 0.787. The number of rotatable bonds is 1. The van der Waals surface area contributed by atoms with Gasteiger partial charge < -0.3 is 16.2 Å². The molecule has 0 bridgehead atoms. The van der Waals surface area contributed by atoms with Crippen LogP contribution in [0.3, 0.4) is 0 Å². The number of benzene rings is 1. The van der Waals surface area contributed by atoms with E-state index in [-0.39, 0.29) is 19.0 Å². The first-order chi connectivity index (χ1) is 7.19. The second kappa shape index (κ2) is 6.72. The van der Waals surface area contributed by atoms with Crippen LogP contribution in [0.4, 0.5) is 5.69 Å². The standard InChI is InChI=1S/C11H12N2O2.ClH/c1-15-11(14)10-5-4-9(13)7-8(10)3-2-6-12;/h4-5,7H,6,12-13H2,1H3;1H. The molecule has 0 unspecified atom stereocenters. The van der Waals surface area contributed by atoms with Crippen molar-refractivity contribution in [3.05, 3.63) is 29.3 Å². The lowest BCUT2D eigenvalue weighted by Gasteiger charge is -2.03. The quantitative estimate of drug-likeness (QED) is 0.432. The maximum atomic E-state index is 11.3. The van der Waals surface area contributed by atoms with Gasteiger partial charge in [0.25, 0.3) is 0 Å². The summed E-state index contributed by atoms with van der Waals surface area (Å²) in [6.45, 7) is 0.232. The molecule has 0 atom stereocenters. The highest BCUT2D eigenvalue weighted by molar-refractivity contribution is 5.92. The lowest BCUT2D eigenvalue weighted by molar-refractivity contribution is 0.0600. The molecular weight excluding hydrogens is 228 g/mol. The van der Waals surface area contributed by atoms with Crippen molar-refractivity contribution >= 4 is 24.1 Å². The molecule has 0 heterocycles. The van der Waals surface area contributed by atoms with E-state index in [1.54, 1.807) is 18.2 Å². The summed E-state index contributed by atoms with van der Waals surface area (Å²) in [5, 5.41) is 0. The van der Waals surface area contributed by atoms with Crippen LogP contribution in [-0.2, 0) is 4.74 Å². The Kier molecular flexibility index (Phi) is 6.01. The highest BCUT2D eigenvalue weighted by Gasteiger charge is 2.09. The van der Waals surface area contributed by atoms with Crippen molar-refractivity contribution in [3.63, 3.8) is 0 Å². The van der Waals surface area contributed by atoms with Gasteiger partial charge in [-0.1, -0.05) is 11.8 Å². The van der Waals surface area contributed by atoms with Crippen LogP contribution < -0.4 is 11.5 Å². The van der Waals surface area contributed by atoms with Gasteiger partial charge in [0, 0.05) is 11.3 Å². The number of halogens is 1. The summed E-state index contributed by atoms with van der Waals surface area (Å²) in [4.78, 5) is 11.3. The van der Waals surface area contributed by atoms with Crippen molar-refractivity contribution in [2.24, 2.45) is 5.73 Å². The molecule has 1 aromatic carbocycles. The number of carbonyl (C=O) groups excluding carboxylic acids is 1. The number of nitrogens with two attached hydrogens (primary N) is 2. The fourth-order valence-corrected chi connectivity index (χ4v) is 1.10. The van der Waals surface area contributed by atoms with Crippen LogP contribution in [0.15, 0.2) is 18.2 Å². The molecule has 1 aromatic rings. The van der Waals surface area contributed by atoms with Gasteiger partial charge in [0.1, 0.15) is 0 Å². The maximum absolute atomic E-state index is 11.3. The number of nitrogen functional groups attached to an aromatic ring is 1. The molecule has 86 valence electrons. The number of ether oxygens (including phenoxy) is 1. The minimum Gasteiger partial charge on any atom is -0.465 e. The van der Waals surface area contributed by atoms with Crippen molar-refractivity contribution in [1.82, 2.24) is 0 Å². The van der Waals surface area contributed by atoms with Crippen LogP contribution in [-0.4, -0.2) is 19.6 Å². The Bertz CT molecular complexity index is 435. The SMILES string of the molecule is COC(=O)c1ccc(N)cc1C#CCN.Cl. The normalized spacial score (nSPS) is 8.38. The van der Waals surface area contributed by atoms with E-state index in [9.17, 15) is 4.79 Å². The van der Waals surface area contributed by atoms with Crippen LogP contribution in [0, 0.1) is 11.8 Å². The number of hydrogen-bond donors (Lipinski definition) is 2. The van der Waals surface area contributed by atoms with Gasteiger partial charge in [0.2, 0.25) is 0 Å². The molecule has 0 aliphatic heterocycles. The Balaban J connectivity index is 0.00000225. The summed E-state index contributed by atoms with van der Waals surface area (Å²) in [5.41, 5.74) is 12.3. The van der Waals surface area contributed by atoms with Gasteiger partial charge in [-0.3, -0.25) is 0 Å². The highest BCUT2D eigenvalue weighted by Crippen LogP contribution is 2.13. The summed E-state index contributed by atoms with van der Waals surface area (Å²) < 4.78 is 4.62. The topological polar surface area (TPSA) is 78.3 Å². The van der Waals surface area contributed by atoms with Crippen molar-refractivity contribution in [2.45, 2.75) is 0 Å². The molecular formula is C11H13ClN2O2. The summed E-state index contributed by atoms with van der Waals surface area (Å²) in [6.07, 6.45) is 0. The van der Waals surface area contributed by atoms with Gasteiger partial charge in [0.05, 0.1) is 19.2 Å². The minimum atomic E-state index is -0.434. The van der Waals surface area contributed by atoms with Crippen LogP contribution >= 0.6 is 12.4 Å². The number of methoxy groups -OCH3 is 1. The van der Waals surface area contributed by atoms with E-state index in [4.69, 9.17) is 11.5 Å². The molecule has 16 heavy (non-hydrogen) atoms. The Morgan fingerprint density at radius 2 is 2.19 bits per heavy atom. The Hall–Kier alpha value is -1.70. The Labute approximate surface area is 100 Å². The van der Waals surface area contributed by atoms with Crippen molar-refractivity contribution in [3.8, 4) is 11.8 Å². The molecule has 5 heteroatoms. The maximum Gasteiger partial charge on any atom is 0.339 e. The van der Waals surface area contributed by atoms with Gasteiger partial charge in [-0.25, -0.2) is 4.79 Å².